The number of hydrogen-bond acceptors (Lipinski definition) is 5. The minimum Gasteiger partial charge on any atom is -0.457 e. The van der Waals surface area contributed by atoms with Crippen LogP contribution in [0.15, 0.2) is 23.1 Å². The van der Waals surface area contributed by atoms with E-state index in [2.05, 4.69) is 5.10 Å². The van der Waals surface area contributed by atoms with E-state index in [0.717, 1.165) is 16.4 Å². The Hall–Kier alpha value is -1.97. The van der Waals surface area contributed by atoms with Crippen LogP contribution in [0.1, 0.15) is 35.5 Å². The van der Waals surface area contributed by atoms with Crippen LogP contribution in [-0.4, -0.2) is 41.6 Å². The molecule has 7 nitrogen and oxygen atoms in total. The van der Waals surface area contributed by atoms with Gasteiger partial charge < -0.3 is 4.74 Å². The molecule has 0 atom stereocenters. The lowest BCUT2D eigenvalue weighted by atomic mass is 10.2. The molecule has 0 aliphatic heterocycles. The molecule has 0 fully saturated rings. The van der Waals surface area contributed by atoms with E-state index in [0.29, 0.717) is 16.4 Å². The fraction of sp³-hybridized carbons (Fsp3) is 0.412. The lowest BCUT2D eigenvalue weighted by molar-refractivity contribution is 0.0472. The van der Waals surface area contributed by atoms with Crippen LogP contribution in [0.4, 0.5) is 4.39 Å². The number of rotatable bonds is 7. The summed E-state index contributed by atoms with van der Waals surface area (Å²) in [5, 5.41) is 4.45. The zero-order valence-electron chi connectivity index (χ0n) is 15.5. The van der Waals surface area contributed by atoms with Crippen molar-refractivity contribution in [3.63, 3.8) is 0 Å². The highest BCUT2D eigenvalue weighted by molar-refractivity contribution is 7.89. The molecule has 0 unspecified atom stereocenters. The van der Waals surface area contributed by atoms with E-state index in [4.69, 9.17) is 16.3 Å². The third-order valence-electron chi connectivity index (χ3n) is 4.11. The summed E-state index contributed by atoms with van der Waals surface area (Å²) in [5.41, 5.74) is 1.09. The summed E-state index contributed by atoms with van der Waals surface area (Å²) >= 11 is 6.09. The number of hydrogen-bond donors (Lipinski definition) is 0. The number of carbonyl (C=O) groups excluding carboxylic acids is 1. The number of aromatic nitrogens is 2. The number of aryl methyl sites for hydroxylation is 2. The van der Waals surface area contributed by atoms with Gasteiger partial charge in [-0.05, 0) is 25.1 Å². The van der Waals surface area contributed by atoms with Crippen LogP contribution < -0.4 is 0 Å². The minimum absolute atomic E-state index is 0.0696. The zero-order chi connectivity index (χ0) is 20.4. The van der Waals surface area contributed by atoms with E-state index in [1.807, 2.05) is 0 Å². The summed E-state index contributed by atoms with van der Waals surface area (Å²) in [4.78, 5) is 11.8. The number of halogens is 2. The largest absolute Gasteiger partial charge is 0.457 e. The summed E-state index contributed by atoms with van der Waals surface area (Å²) in [5.74, 6) is -1.71. The molecule has 0 saturated heterocycles. The lowest BCUT2D eigenvalue weighted by Gasteiger charge is -2.19. The molecule has 2 aromatic rings. The van der Waals surface area contributed by atoms with E-state index >= 15 is 0 Å². The van der Waals surface area contributed by atoms with E-state index < -0.39 is 26.7 Å². The maximum Gasteiger partial charge on any atom is 0.338 e. The summed E-state index contributed by atoms with van der Waals surface area (Å²) in [6.07, 6.45) is 0. The molecule has 0 bridgehead atoms. The Kier molecular flexibility index (Phi) is 6.61. The summed E-state index contributed by atoms with van der Waals surface area (Å²) < 4.78 is 47.0. The van der Waals surface area contributed by atoms with Gasteiger partial charge in [0.1, 0.15) is 22.5 Å². The van der Waals surface area contributed by atoms with Crippen molar-refractivity contribution in [3.05, 3.63) is 46.0 Å². The predicted octanol–water partition coefficient (Wildman–Crippen LogP) is 2.91. The van der Waals surface area contributed by atoms with Gasteiger partial charge in [-0.25, -0.2) is 17.6 Å². The van der Waals surface area contributed by atoms with Gasteiger partial charge in [0, 0.05) is 25.7 Å². The van der Waals surface area contributed by atoms with Gasteiger partial charge >= 0.3 is 5.97 Å². The zero-order valence-corrected chi connectivity index (χ0v) is 17.1. The molecule has 0 aliphatic rings. The molecule has 10 heteroatoms. The highest BCUT2D eigenvalue weighted by Crippen LogP contribution is 2.23. The standard InChI is InChI=1S/C17H21ClFN3O4S/c1-5-22(6-2)27(24,25)15-9-12(7-8-14(15)19)17(23)26-10-13-11(3)20-21(4)16(13)18/h7-9H,5-6,10H2,1-4H3. The number of benzene rings is 1. The number of sulfonamides is 1. The average molecular weight is 418 g/mol. The molecule has 1 aromatic heterocycles. The van der Waals surface area contributed by atoms with Gasteiger partial charge in [-0.1, -0.05) is 25.4 Å². The smallest absolute Gasteiger partial charge is 0.338 e. The molecule has 1 aromatic carbocycles. The molecule has 0 aliphatic carbocycles. The molecule has 0 N–H and O–H groups in total. The first-order valence-corrected chi connectivity index (χ1v) is 10.1. The van der Waals surface area contributed by atoms with Crippen molar-refractivity contribution in [1.29, 1.82) is 0 Å². The van der Waals surface area contributed by atoms with Crippen molar-refractivity contribution in [3.8, 4) is 0 Å². The monoisotopic (exact) mass is 417 g/mol. The molecule has 0 spiro atoms. The van der Waals surface area contributed by atoms with Gasteiger partial charge in [0.25, 0.3) is 0 Å². The molecule has 0 saturated carbocycles. The van der Waals surface area contributed by atoms with E-state index in [1.54, 1.807) is 27.8 Å². The average Bonchev–Trinajstić information content (AvgIpc) is 2.86. The van der Waals surface area contributed by atoms with E-state index in [9.17, 15) is 17.6 Å². The third kappa shape index (κ3) is 4.31. The van der Waals surface area contributed by atoms with Gasteiger partial charge in [-0.3, -0.25) is 4.68 Å². The van der Waals surface area contributed by atoms with Crippen LogP contribution in [0.25, 0.3) is 0 Å². The van der Waals surface area contributed by atoms with Crippen LogP contribution in [0.5, 0.6) is 0 Å². The summed E-state index contributed by atoms with van der Waals surface area (Å²) in [7, 11) is -2.39. The molecule has 2 rings (SSSR count). The first-order valence-electron chi connectivity index (χ1n) is 8.28. The number of nitrogens with zero attached hydrogens (tertiary/aromatic N) is 3. The van der Waals surface area contributed by atoms with Crippen LogP contribution in [0, 0.1) is 12.7 Å². The minimum atomic E-state index is -4.05. The van der Waals surface area contributed by atoms with Gasteiger partial charge in [-0.2, -0.15) is 9.40 Å². The molecule has 1 heterocycles. The Morgan fingerprint density at radius 3 is 2.48 bits per heavy atom. The van der Waals surface area contributed by atoms with Crippen molar-refractivity contribution in [2.24, 2.45) is 7.05 Å². The summed E-state index contributed by atoms with van der Waals surface area (Å²) in [6.45, 7) is 5.26. The Labute approximate surface area is 162 Å². The van der Waals surface area contributed by atoms with Crippen LogP contribution >= 0.6 is 11.6 Å². The lowest BCUT2D eigenvalue weighted by Crippen LogP contribution is -2.31. The first kappa shape index (κ1) is 21.3. The fourth-order valence-electron chi connectivity index (χ4n) is 2.59. The van der Waals surface area contributed by atoms with E-state index in [1.165, 1.54) is 10.7 Å². The summed E-state index contributed by atoms with van der Waals surface area (Å²) in [6, 6.07) is 3.11. The van der Waals surface area contributed by atoms with E-state index in [-0.39, 0.29) is 25.3 Å². The van der Waals surface area contributed by atoms with Gasteiger partial charge in [0.15, 0.2) is 0 Å². The molecular weight excluding hydrogens is 397 g/mol. The molecule has 0 amide bonds. The van der Waals surface area contributed by atoms with Gasteiger partial charge in [0.2, 0.25) is 10.0 Å². The molecule has 27 heavy (non-hydrogen) atoms. The first-order chi connectivity index (χ1) is 12.6. The third-order valence-corrected chi connectivity index (χ3v) is 6.65. The van der Waals surface area contributed by atoms with Crippen LogP contribution in [0.3, 0.4) is 0 Å². The second-order valence-electron chi connectivity index (χ2n) is 5.79. The number of ether oxygens (including phenoxy) is 1. The Morgan fingerprint density at radius 2 is 1.96 bits per heavy atom. The van der Waals surface area contributed by atoms with Crippen LogP contribution in [0.2, 0.25) is 5.15 Å². The second kappa shape index (κ2) is 8.37. The molecule has 0 radical (unpaired) electrons. The fourth-order valence-corrected chi connectivity index (χ4v) is 4.37. The molecule has 148 valence electrons. The van der Waals surface area contributed by atoms with Crippen molar-refractivity contribution in [1.82, 2.24) is 14.1 Å². The van der Waals surface area contributed by atoms with Gasteiger partial charge in [0.05, 0.1) is 11.3 Å². The Morgan fingerprint density at radius 1 is 1.33 bits per heavy atom. The number of carbonyl (C=O) groups is 1. The topological polar surface area (TPSA) is 81.5 Å². The predicted molar refractivity (Wildman–Crippen MR) is 98.6 cm³/mol. The van der Waals surface area contributed by atoms with Crippen molar-refractivity contribution < 1.29 is 22.3 Å². The van der Waals surface area contributed by atoms with Gasteiger partial charge in [-0.15, -0.1) is 0 Å². The highest BCUT2D eigenvalue weighted by atomic mass is 35.5. The van der Waals surface area contributed by atoms with Crippen LogP contribution in [-0.2, 0) is 28.4 Å². The molecular formula is C17H21ClFN3O4S. The van der Waals surface area contributed by atoms with Crippen molar-refractivity contribution >= 4 is 27.6 Å². The SMILES string of the molecule is CCN(CC)S(=O)(=O)c1cc(C(=O)OCc2c(C)nn(C)c2Cl)ccc1F. The number of esters is 1. The Balaban J connectivity index is 2.28. The quantitative estimate of drug-likeness (QED) is 0.647. The Bertz CT molecular complexity index is 955. The highest BCUT2D eigenvalue weighted by Gasteiger charge is 2.27. The normalized spacial score (nSPS) is 11.8. The van der Waals surface area contributed by atoms with Crippen molar-refractivity contribution in [2.75, 3.05) is 13.1 Å². The second-order valence-corrected chi connectivity index (χ2v) is 8.05. The maximum atomic E-state index is 14.1. The van der Waals surface area contributed by atoms with Crippen molar-refractivity contribution in [2.45, 2.75) is 32.3 Å². The maximum absolute atomic E-state index is 14.1.